The smallest absolute Gasteiger partial charge is 0.261 e. The quantitative estimate of drug-likeness (QED) is 0.784. The van der Waals surface area contributed by atoms with Crippen LogP contribution in [0, 0.1) is 0 Å². The average molecular weight is 344 g/mol. The largest absolute Gasteiger partial charge is 0.323 e. The van der Waals surface area contributed by atoms with Crippen LogP contribution in [0.1, 0.15) is 25.3 Å². The molecule has 0 radical (unpaired) electrons. The number of carbonyl (C=O) groups is 1. The van der Waals surface area contributed by atoms with Gasteiger partial charge in [0.15, 0.2) is 0 Å². The number of anilines is 2. The second-order valence-electron chi connectivity index (χ2n) is 5.60. The predicted molar refractivity (Wildman–Crippen MR) is 96.6 cm³/mol. The lowest BCUT2D eigenvalue weighted by molar-refractivity contribution is -0.111. The lowest BCUT2D eigenvalue weighted by Crippen LogP contribution is -2.13. The van der Waals surface area contributed by atoms with Crippen LogP contribution in [-0.4, -0.2) is 14.3 Å². The number of benzene rings is 2. The summed E-state index contributed by atoms with van der Waals surface area (Å²) in [6.07, 6.45) is 1.17. The van der Waals surface area contributed by atoms with Crippen LogP contribution in [0.3, 0.4) is 0 Å². The lowest BCUT2D eigenvalue weighted by Gasteiger charge is -2.11. The van der Waals surface area contributed by atoms with Crippen LogP contribution in [-0.2, 0) is 14.8 Å². The molecule has 0 spiro atoms. The van der Waals surface area contributed by atoms with Crippen molar-refractivity contribution in [3.63, 3.8) is 0 Å². The molecule has 0 heterocycles. The van der Waals surface area contributed by atoms with Crippen molar-refractivity contribution in [2.24, 2.45) is 0 Å². The molecule has 0 unspecified atom stereocenters. The van der Waals surface area contributed by atoms with Gasteiger partial charge in [-0.3, -0.25) is 9.52 Å². The van der Waals surface area contributed by atoms with E-state index in [9.17, 15) is 13.2 Å². The average Bonchev–Trinajstić information content (AvgIpc) is 2.56. The Bertz CT molecular complexity index is 841. The molecule has 2 aromatic rings. The minimum absolute atomic E-state index is 0.220. The Hall–Kier alpha value is -2.60. The first-order valence-corrected chi connectivity index (χ1v) is 8.96. The zero-order valence-electron chi connectivity index (χ0n) is 13.6. The zero-order chi connectivity index (χ0) is 17.7. The Labute approximate surface area is 142 Å². The van der Waals surface area contributed by atoms with Gasteiger partial charge in [0.2, 0.25) is 5.91 Å². The molecule has 0 saturated heterocycles. The third-order valence-corrected chi connectivity index (χ3v) is 4.80. The highest BCUT2D eigenvalue weighted by Gasteiger charge is 2.15. The summed E-state index contributed by atoms with van der Waals surface area (Å²) in [5.74, 6) is -0.0817. The highest BCUT2D eigenvalue weighted by atomic mass is 32.2. The van der Waals surface area contributed by atoms with E-state index < -0.39 is 10.0 Å². The SMILES string of the molecule is C=CC(=O)Nc1ccc(NS(=O)(=O)c2cccc(C(C)C)c2)cc1. The van der Waals surface area contributed by atoms with Gasteiger partial charge in [0.05, 0.1) is 4.90 Å². The summed E-state index contributed by atoms with van der Waals surface area (Å²) in [4.78, 5) is 11.4. The van der Waals surface area contributed by atoms with Gasteiger partial charge in [-0.2, -0.15) is 0 Å². The van der Waals surface area contributed by atoms with Crippen molar-refractivity contribution in [3.8, 4) is 0 Å². The normalized spacial score (nSPS) is 11.1. The number of hydrogen-bond donors (Lipinski definition) is 2. The number of nitrogens with one attached hydrogen (secondary N) is 2. The Morgan fingerprint density at radius 1 is 1.08 bits per heavy atom. The Morgan fingerprint density at radius 3 is 2.29 bits per heavy atom. The van der Waals surface area contributed by atoms with Gasteiger partial charge in [0.25, 0.3) is 10.0 Å². The molecule has 0 aliphatic carbocycles. The van der Waals surface area contributed by atoms with Gasteiger partial charge < -0.3 is 5.32 Å². The van der Waals surface area contributed by atoms with E-state index in [1.54, 1.807) is 42.5 Å². The number of carbonyl (C=O) groups excluding carboxylic acids is 1. The number of rotatable bonds is 6. The minimum Gasteiger partial charge on any atom is -0.323 e. The van der Waals surface area contributed by atoms with Crippen molar-refractivity contribution in [1.29, 1.82) is 0 Å². The topological polar surface area (TPSA) is 75.3 Å². The van der Waals surface area contributed by atoms with Crippen molar-refractivity contribution >= 4 is 27.3 Å². The molecule has 2 aromatic carbocycles. The number of sulfonamides is 1. The summed E-state index contributed by atoms with van der Waals surface area (Å²) in [6.45, 7) is 7.39. The van der Waals surface area contributed by atoms with Gasteiger partial charge in [-0.25, -0.2) is 8.42 Å². The second kappa shape index (κ2) is 7.31. The predicted octanol–water partition coefficient (Wildman–Crippen LogP) is 3.74. The van der Waals surface area contributed by atoms with Gasteiger partial charge >= 0.3 is 0 Å². The standard InChI is InChI=1S/C18H20N2O3S/c1-4-18(21)19-15-8-10-16(11-9-15)20-24(22,23)17-7-5-6-14(12-17)13(2)3/h4-13,20H,1H2,2-3H3,(H,19,21). The van der Waals surface area contributed by atoms with E-state index in [0.29, 0.717) is 11.4 Å². The van der Waals surface area contributed by atoms with Crippen LogP contribution in [0.25, 0.3) is 0 Å². The van der Waals surface area contributed by atoms with E-state index in [0.717, 1.165) is 5.56 Å². The molecule has 0 saturated carbocycles. The van der Waals surface area contributed by atoms with E-state index in [2.05, 4.69) is 16.6 Å². The van der Waals surface area contributed by atoms with Gasteiger partial charge in [0, 0.05) is 11.4 Å². The summed E-state index contributed by atoms with van der Waals surface area (Å²) in [6, 6.07) is 13.3. The summed E-state index contributed by atoms with van der Waals surface area (Å²) in [5, 5.41) is 2.60. The molecule has 24 heavy (non-hydrogen) atoms. The van der Waals surface area contributed by atoms with Crippen LogP contribution in [0.2, 0.25) is 0 Å². The first kappa shape index (κ1) is 17.7. The first-order valence-electron chi connectivity index (χ1n) is 7.48. The number of amides is 1. The van der Waals surface area contributed by atoms with Crippen molar-refractivity contribution in [2.75, 3.05) is 10.0 Å². The van der Waals surface area contributed by atoms with Crippen molar-refractivity contribution in [3.05, 3.63) is 66.7 Å². The fraction of sp³-hybridized carbons (Fsp3) is 0.167. The maximum absolute atomic E-state index is 12.5. The zero-order valence-corrected chi connectivity index (χ0v) is 14.4. The molecule has 0 aliphatic rings. The highest BCUT2D eigenvalue weighted by molar-refractivity contribution is 7.92. The van der Waals surface area contributed by atoms with Crippen molar-refractivity contribution in [1.82, 2.24) is 0 Å². The molecule has 0 fully saturated rings. The maximum atomic E-state index is 12.5. The fourth-order valence-corrected chi connectivity index (χ4v) is 3.18. The molecule has 0 aliphatic heterocycles. The molecule has 0 atom stereocenters. The summed E-state index contributed by atoms with van der Waals surface area (Å²) in [7, 11) is -3.66. The van der Waals surface area contributed by atoms with Crippen LogP contribution in [0.5, 0.6) is 0 Å². The highest BCUT2D eigenvalue weighted by Crippen LogP contribution is 2.22. The van der Waals surface area contributed by atoms with Crippen LogP contribution < -0.4 is 10.0 Å². The second-order valence-corrected chi connectivity index (χ2v) is 7.29. The minimum atomic E-state index is -3.66. The summed E-state index contributed by atoms with van der Waals surface area (Å²) >= 11 is 0. The third kappa shape index (κ3) is 4.45. The lowest BCUT2D eigenvalue weighted by atomic mass is 10.0. The fourth-order valence-electron chi connectivity index (χ4n) is 2.07. The molecular weight excluding hydrogens is 324 g/mol. The Morgan fingerprint density at radius 2 is 1.71 bits per heavy atom. The van der Waals surface area contributed by atoms with Gasteiger partial charge in [-0.1, -0.05) is 32.6 Å². The maximum Gasteiger partial charge on any atom is 0.261 e. The molecule has 6 heteroatoms. The molecule has 0 aromatic heterocycles. The van der Waals surface area contributed by atoms with E-state index in [1.165, 1.54) is 6.08 Å². The van der Waals surface area contributed by atoms with E-state index >= 15 is 0 Å². The van der Waals surface area contributed by atoms with E-state index in [-0.39, 0.29) is 16.7 Å². The third-order valence-electron chi connectivity index (χ3n) is 3.43. The first-order chi connectivity index (χ1) is 11.3. The van der Waals surface area contributed by atoms with E-state index in [1.807, 2.05) is 19.9 Å². The molecule has 0 bridgehead atoms. The van der Waals surface area contributed by atoms with Gasteiger partial charge in [0.1, 0.15) is 0 Å². The van der Waals surface area contributed by atoms with Crippen molar-refractivity contribution in [2.45, 2.75) is 24.7 Å². The summed E-state index contributed by atoms with van der Waals surface area (Å²) in [5.41, 5.74) is 1.94. The summed E-state index contributed by atoms with van der Waals surface area (Å²) < 4.78 is 27.5. The number of hydrogen-bond acceptors (Lipinski definition) is 3. The van der Waals surface area contributed by atoms with Crippen molar-refractivity contribution < 1.29 is 13.2 Å². The molecule has 5 nitrogen and oxygen atoms in total. The van der Waals surface area contributed by atoms with Crippen LogP contribution in [0.4, 0.5) is 11.4 Å². The molecule has 2 N–H and O–H groups in total. The Kier molecular flexibility index (Phi) is 5.41. The van der Waals surface area contributed by atoms with Crippen LogP contribution >= 0.6 is 0 Å². The molecular formula is C18H20N2O3S. The van der Waals surface area contributed by atoms with Gasteiger partial charge in [-0.15, -0.1) is 0 Å². The van der Waals surface area contributed by atoms with E-state index in [4.69, 9.17) is 0 Å². The van der Waals surface area contributed by atoms with Gasteiger partial charge in [-0.05, 0) is 54.0 Å². The monoisotopic (exact) mass is 344 g/mol. The molecule has 1 amide bonds. The molecule has 126 valence electrons. The Balaban J connectivity index is 2.18. The van der Waals surface area contributed by atoms with Crippen LogP contribution in [0.15, 0.2) is 66.1 Å². The molecule has 2 rings (SSSR count).